The second kappa shape index (κ2) is 5.71. The Kier molecular flexibility index (Phi) is 4.18. The Morgan fingerprint density at radius 2 is 2.00 bits per heavy atom. The molecule has 0 saturated carbocycles. The van der Waals surface area contributed by atoms with Gasteiger partial charge in [0, 0.05) is 17.2 Å². The van der Waals surface area contributed by atoms with Crippen molar-refractivity contribution in [3.05, 3.63) is 40.6 Å². The van der Waals surface area contributed by atoms with Gasteiger partial charge in [0.15, 0.2) is 0 Å². The normalized spacial score (nSPS) is 11.4. The molecule has 2 aromatic heterocycles. The number of anilines is 1. The van der Waals surface area contributed by atoms with E-state index in [0.29, 0.717) is 11.7 Å². The SMILES string of the molecule is Cc1c(Cl)nc(C(C)(C)C)nc1NCc1cccnn1. The van der Waals surface area contributed by atoms with Gasteiger partial charge in [0.1, 0.15) is 16.8 Å². The van der Waals surface area contributed by atoms with Gasteiger partial charge in [0.25, 0.3) is 0 Å². The van der Waals surface area contributed by atoms with Gasteiger partial charge in [0.2, 0.25) is 0 Å². The van der Waals surface area contributed by atoms with Crippen molar-refractivity contribution >= 4 is 17.4 Å². The van der Waals surface area contributed by atoms with E-state index in [-0.39, 0.29) is 5.41 Å². The summed E-state index contributed by atoms with van der Waals surface area (Å²) in [6, 6.07) is 3.76. The summed E-state index contributed by atoms with van der Waals surface area (Å²) in [5.74, 6) is 1.45. The Hall–Kier alpha value is -1.75. The molecular weight excluding hydrogens is 274 g/mol. The second-order valence-electron chi connectivity index (χ2n) is 5.63. The summed E-state index contributed by atoms with van der Waals surface area (Å²) >= 11 is 6.19. The summed E-state index contributed by atoms with van der Waals surface area (Å²) in [6.07, 6.45) is 1.65. The van der Waals surface area contributed by atoms with Crippen molar-refractivity contribution in [1.82, 2.24) is 20.2 Å². The molecule has 0 spiro atoms. The average Bonchev–Trinajstić information content (AvgIpc) is 2.40. The quantitative estimate of drug-likeness (QED) is 0.880. The zero-order valence-electron chi connectivity index (χ0n) is 12.1. The molecule has 0 unspecified atom stereocenters. The molecule has 0 bridgehead atoms. The van der Waals surface area contributed by atoms with E-state index in [9.17, 15) is 0 Å². The summed E-state index contributed by atoms with van der Waals surface area (Å²) in [7, 11) is 0. The van der Waals surface area contributed by atoms with Crippen LogP contribution in [0.25, 0.3) is 0 Å². The zero-order valence-corrected chi connectivity index (χ0v) is 12.9. The highest BCUT2D eigenvalue weighted by molar-refractivity contribution is 6.30. The van der Waals surface area contributed by atoms with E-state index in [1.54, 1.807) is 6.20 Å². The molecule has 0 amide bonds. The lowest BCUT2D eigenvalue weighted by atomic mass is 9.95. The Bertz CT molecular complexity index is 593. The van der Waals surface area contributed by atoms with Crippen LogP contribution in [0.5, 0.6) is 0 Å². The number of nitrogens with one attached hydrogen (secondary N) is 1. The third-order valence-corrected chi connectivity index (χ3v) is 3.19. The lowest BCUT2D eigenvalue weighted by molar-refractivity contribution is 0.545. The van der Waals surface area contributed by atoms with Gasteiger partial charge in [-0.15, -0.1) is 0 Å². The minimum atomic E-state index is -0.152. The highest BCUT2D eigenvalue weighted by atomic mass is 35.5. The Morgan fingerprint density at radius 1 is 1.25 bits per heavy atom. The fraction of sp³-hybridized carbons (Fsp3) is 0.429. The van der Waals surface area contributed by atoms with Crippen molar-refractivity contribution in [2.75, 3.05) is 5.32 Å². The van der Waals surface area contributed by atoms with E-state index in [0.717, 1.165) is 22.9 Å². The fourth-order valence-electron chi connectivity index (χ4n) is 1.60. The first-order valence-corrected chi connectivity index (χ1v) is 6.81. The van der Waals surface area contributed by atoms with E-state index in [1.807, 2.05) is 19.1 Å². The number of halogens is 1. The molecule has 6 heteroatoms. The fourth-order valence-corrected chi connectivity index (χ4v) is 1.77. The third kappa shape index (κ3) is 3.42. The van der Waals surface area contributed by atoms with Crippen LogP contribution >= 0.6 is 11.6 Å². The van der Waals surface area contributed by atoms with Gasteiger partial charge in [-0.05, 0) is 19.1 Å². The molecular formula is C14H18ClN5. The van der Waals surface area contributed by atoms with Crippen LogP contribution in [0.2, 0.25) is 5.15 Å². The number of aromatic nitrogens is 4. The molecule has 20 heavy (non-hydrogen) atoms. The number of nitrogens with zero attached hydrogens (tertiary/aromatic N) is 4. The minimum Gasteiger partial charge on any atom is -0.364 e. The van der Waals surface area contributed by atoms with Gasteiger partial charge in [-0.1, -0.05) is 32.4 Å². The molecule has 106 valence electrons. The maximum Gasteiger partial charge on any atom is 0.137 e. The van der Waals surface area contributed by atoms with Crippen LogP contribution in [0.3, 0.4) is 0 Å². The number of rotatable bonds is 3. The van der Waals surface area contributed by atoms with Gasteiger partial charge in [0.05, 0.1) is 12.2 Å². The smallest absolute Gasteiger partial charge is 0.137 e. The summed E-state index contributed by atoms with van der Waals surface area (Å²) in [5.41, 5.74) is 1.53. The largest absolute Gasteiger partial charge is 0.364 e. The van der Waals surface area contributed by atoms with Crippen LogP contribution in [0.15, 0.2) is 18.3 Å². The van der Waals surface area contributed by atoms with E-state index >= 15 is 0 Å². The molecule has 0 aromatic carbocycles. The maximum atomic E-state index is 6.19. The molecule has 0 aliphatic rings. The predicted molar refractivity (Wildman–Crippen MR) is 79.8 cm³/mol. The van der Waals surface area contributed by atoms with Crippen molar-refractivity contribution < 1.29 is 0 Å². The second-order valence-corrected chi connectivity index (χ2v) is 5.99. The predicted octanol–water partition coefficient (Wildman–Crippen LogP) is 3.14. The highest BCUT2D eigenvalue weighted by Crippen LogP contribution is 2.26. The van der Waals surface area contributed by atoms with Crippen molar-refractivity contribution in [1.29, 1.82) is 0 Å². The molecule has 5 nitrogen and oxygen atoms in total. The summed E-state index contributed by atoms with van der Waals surface area (Å²) in [5, 5.41) is 11.6. The van der Waals surface area contributed by atoms with E-state index in [1.165, 1.54) is 0 Å². The number of hydrogen-bond acceptors (Lipinski definition) is 5. The van der Waals surface area contributed by atoms with Crippen molar-refractivity contribution in [2.24, 2.45) is 0 Å². The standard InChI is InChI=1S/C14H18ClN5/c1-9-11(15)18-13(14(2,3)4)19-12(9)16-8-10-6-5-7-17-20-10/h5-7H,8H2,1-4H3,(H,16,18,19). The molecule has 2 heterocycles. The van der Waals surface area contributed by atoms with Crippen LogP contribution in [0.1, 0.15) is 37.9 Å². The van der Waals surface area contributed by atoms with E-state index < -0.39 is 0 Å². The zero-order chi connectivity index (χ0) is 14.8. The van der Waals surface area contributed by atoms with Gasteiger partial charge in [-0.25, -0.2) is 9.97 Å². The summed E-state index contributed by atoms with van der Waals surface area (Å²) in [4.78, 5) is 8.91. The first kappa shape index (κ1) is 14.7. The highest BCUT2D eigenvalue weighted by Gasteiger charge is 2.20. The third-order valence-electron chi connectivity index (χ3n) is 2.82. The van der Waals surface area contributed by atoms with E-state index in [4.69, 9.17) is 11.6 Å². The average molecular weight is 292 g/mol. The minimum absolute atomic E-state index is 0.152. The Balaban J connectivity index is 2.25. The van der Waals surface area contributed by atoms with E-state index in [2.05, 4.69) is 46.3 Å². The molecule has 2 rings (SSSR count). The summed E-state index contributed by atoms with van der Waals surface area (Å²) in [6.45, 7) is 8.61. The number of hydrogen-bond donors (Lipinski definition) is 1. The molecule has 0 atom stereocenters. The molecule has 0 aliphatic heterocycles. The molecule has 0 fully saturated rings. The topological polar surface area (TPSA) is 63.6 Å². The van der Waals surface area contributed by atoms with Gasteiger partial charge in [-0.3, -0.25) is 0 Å². The lowest BCUT2D eigenvalue weighted by Gasteiger charge is -2.19. The van der Waals surface area contributed by atoms with Crippen molar-refractivity contribution in [3.63, 3.8) is 0 Å². The Labute approximate surface area is 123 Å². The molecule has 0 saturated heterocycles. The van der Waals surface area contributed by atoms with Gasteiger partial charge < -0.3 is 5.32 Å². The lowest BCUT2D eigenvalue weighted by Crippen LogP contribution is -2.18. The first-order valence-electron chi connectivity index (χ1n) is 6.43. The van der Waals surface area contributed by atoms with Crippen LogP contribution in [0, 0.1) is 6.92 Å². The Morgan fingerprint density at radius 3 is 2.60 bits per heavy atom. The monoisotopic (exact) mass is 291 g/mol. The molecule has 1 N–H and O–H groups in total. The maximum absolute atomic E-state index is 6.19. The van der Waals surface area contributed by atoms with Gasteiger partial charge >= 0.3 is 0 Å². The van der Waals surface area contributed by atoms with Crippen molar-refractivity contribution in [3.8, 4) is 0 Å². The first-order chi connectivity index (χ1) is 9.38. The molecule has 0 aliphatic carbocycles. The van der Waals surface area contributed by atoms with Crippen LogP contribution in [-0.4, -0.2) is 20.2 Å². The summed E-state index contributed by atoms with van der Waals surface area (Å²) < 4.78 is 0. The van der Waals surface area contributed by atoms with Crippen molar-refractivity contribution in [2.45, 2.75) is 39.7 Å². The van der Waals surface area contributed by atoms with Crippen LogP contribution < -0.4 is 5.32 Å². The van der Waals surface area contributed by atoms with Crippen LogP contribution in [-0.2, 0) is 12.0 Å². The van der Waals surface area contributed by atoms with Gasteiger partial charge in [-0.2, -0.15) is 10.2 Å². The van der Waals surface area contributed by atoms with Crippen LogP contribution in [0.4, 0.5) is 5.82 Å². The molecule has 0 radical (unpaired) electrons. The molecule has 2 aromatic rings.